The molecule has 2 heteroatoms. The van der Waals surface area contributed by atoms with Crippen molar-refractivity contribution in [3.63, 3.8) is 0 Å². The van der Waals surface area contributed by atoms with Crippen molar-refractivity contribution in [3.05, 3.63) is 42.0 Å². The number of carbonyl (C=O) groups excluding carboxylic acids is 1. The molecule has 0 N–H and O–H groups in total. The number of rotatable bonds is 2. The second-order valence-electron chi connectivity index (χ2n) is 3.37. The average molecular weight is 188 g/mol. The molecule has 0 bridgehead atoms. The smallest absolute Gasteiger partial charge is 0.168 e. The Labute approximate surface area is 83.2 Å². The van der Waals surface area contributed by atoms with Crippen LogP contribution in [0.3, 0.4) is 0 Å². The van der Waals surface area contributed by atoms with E-state index in [2.05, 4.69) is 6.58 Å². The number of hydrogen-bond acceptors (Lipinski definition) is 2. The molecule has 1 fully saturated rings. The van der Waals surface area contributed by atoms with Gasteiger partial charge >= 0.3 is 0 Å². The summed E-state index contributed by atoms with van der Waals surface area (Å²) in [5.74, 6) is 0.0727. The molecule has 0 saturated carbocycles. The van der Waals surface area contributed by atoms with Crippen LogP contribution in [0.5, 0.6) is 0 Å². The van der Waals surface area contributed by atoms with Gasteiger partial charge in [0.1, 0.15) is 6.61 Å². The maximum absolute atomic E-state index is 11.5. The van der Waals surface area contributed by atoms with Gasteiger partial charge in [-0.25, -0.2) is 0 Å². The largest absolute Gasteiger partial charge is 0.373 e. The van der Waals surface area contributed by atoms with Crippen molar-refractivity contribution in [2.45, 2.75) is 5.92 Å². The molecule has 1 unspecified atom stereocenters. The van der Waals surface area contributed by atoms with Crippen LogP contribution < -0.4 is 0 Å². The maximum Gasteiger partial charge on any atom is 0.168 e. The van der Waals surface area contributed by atoms with Gasteiger partial charge in [-0.3, -0.25) is 4.79 Å². The zero-order chi connectivity index (χ0) is 9.97. The van der Waals surface area contributed by atoms with Gasteiger partial charge in [0.05, 0.1) is 12.5 Å². The molecular weight excluding hydrogens is 176 g/mol. The summed E-state index contributed by atoms with van der Waals surface area (Å²) in [6.07, 6.45) is 1.78. The fraction of sp³-hybridized carbons (Fsp3) is 0.250. The molecule has 72 valence electrons. The molecule has 1 aromatic carbocycles. The Balaban J connectivity index is 2.39. The topological polar surface area (TPSA) is 26.3 Å². The van der Waals surface area contributed by atoms with Crippen LogP contribution in [0.25, 0.3) is 6.08 Å². The van der Waals surface area contributed by atoms with Crippen molar-refractivity contribution < 1.29 is 9.53 Å². The highest BCUT2D eigenvalue weighted by Gasteiger charge is 2.27. The Morgan fingerprint density at radius 2 is 2.21 bits per heavy atom. The molecule has 2 rings (SSSR count). The van der Waals surface area contributed by atoms with Crippen molar-refractivity contribution in [3.8, 4) is 0 Å². The van der Waals surface area contributed by atoms with E-state index in [-0.39, 0.29) is 18.3 Å². The molecule has 1 atom stereocenters. The molecule has 0 spiro atoms. The maximum atomic E-state index is 11.5. The highest BCUT2D eigenvalue weighted by molar-refractivity contribution is 5.89. The average Bonchev–Trinajstić information content (AvgIpc) is 2.64. The summed E-state index contributed by atoms with van der Waals surface area (Å²) < 4.78 is 5.14. The van der Waals surface area contributed by atoms with Crippen LogP contribution >= 0.6 is 0 Å². The third-order valence-electron chi connectivity index (χ3n) is 2.51. The van der Waals surface area contributed by atoms with Gasteiger partial charge in [0.2, 0.25) is 0 Å². The molecule has 1 aromatic rings. The first-order valence-electron chi connectivity index (χ1n) is 4.64. The number of hydrogen-bond donors (Lipinski definition) is 0. The van der Waals surface area contributed by atoms with Gasteiger partial charge in [0.15, 0.2) is 5.78 Å². The second kappa shape index (κ2) is 3.76. The molecular formula is C12H12O2. The minimum absolute atomic E-state index is 0.0933. The Bertz CT molecular complexity index is 368. The highest BCUT2D eigenvalue weighted by Crippen LogP contribution is 2.25. The van der Waals surface area contributed by atoms with E-state index in [1.807, 2.05) is 24.3 Å². The van der Waals surface area contributed by atoms with Gasteiger partial charge in [-0.1, -0.05) is 36.9 Å². The van der Waals surface area contributed by atoms with E-state index in [1.54, 1.807) is 6.08 Å². The number of carbonyl (C=O) groups is 1. The second-order valence-corrected chi connectivity index (χ2v) is 3.37. The van der Waals surface area contributed by atoms with Gasteiger partial charge in [-0.05, 0) is 11.1 Å². The minimum Gasteiger partial charge on any atom is -0.373 e. The number of Topliss-reactive ketones (excluding diaryl/α,β-unsaturated/α-hetero) is 1. The number of benzene rings is 1. The standard InChI is InChI=1S/C12H12O2/c1-2-9-5-3-4-6-10(9)11-7-14-8-12(11)13/h2-6,11H,1,7-8H2. The Morgan fingerprint density at radius 1 is 1.43 bits per heavy atom. The van der Waals surface area contributed by atoms with Crippen LogP contribution in [-0.2, 0) is 9.53 Å². The van der Waals surface area contributed by atoms with Gasteiger partial charge in [0.25, 0.3) is 0 Å². The van der Waals surface area contributed by atoms with E-state index in [4.69, 9.17) is 4.74 Å². The normalized spacial score (nSPS) is 21.1. The summed E-state index contributed by atoms with van der Waals surface area (Å²) in [6, 6.07) is 7.82. The van der Waals surface area contributed by atoms with E-state index < -0.39 is 0 Å². The monoisotopic (exact) mass is 188 g/mol. The van der Waals surface area contributed by atoms with Crippen LogP contribution in [0, 0.1) is 0 Å². The Morgan fingerprint density at radius 3 is 2.86 bits per heavy atom. The van der Waals surface area contributed by atoms with E-state index >= 15 is 0 Å². The van der Waals surface area contributed by atoms with Gasteiger partial charge in [-0.15, -0.1) is 0 Å². The van der Waals surface area contributed by atoms with Crippen molar-refractivity contribution >= 4 is 11.9 Å². The molecule has 1 aliphatic heterocycles. The first-order chi connectivity index (χ1) is 6.83. The molecule has 0 amide bonds. The fourth-order valence-corrected chi connectivity index (χ4v) is 1.75. The molecule has 14 heavy (non-hydrogen) atoms. The molecule has 1 aliphatic rings. The molecule has 1 heterocycles. The first-order valence-corrected chi connectivity index (χ1v) is 4.64. The Kier molecular flexibility index (Phi) is 2.46. The van der Waals surface area contributed by atoms with Crippen molar-refractivity contribution in [2.75, 3.05) is 13.2 Å². The lowest BCUT2D eigenvalue weighted by molar-refractivity contribution is -0.118. The molecule has 1 saturated heterocycles. The fourth-order valence-electron chi connectivity index (χ4n) is 1.75. The summed E-state index contributed by atoms with van der Waals surface area (Å²) in [4.78, 5) is 11.5. The van der Waals surface area contributed by atoms with Gasteiger partial charge in [-0.2, -0.15) is 0 Å². The third-order valence-corrected chi connectivity index (χ3v) is 2.51. The van der Waals surface area contributed by atoms with Crippen molar-refractivity contribution in [2.24, 2.45) is 0 Å². The Hall–Kier alpha value is -1.41. The van der Waals surface area contributed by atoms with Gasteiger partial charge < -0.3 is 4.74 Å². The van der Waals surface area contributed by atoms with Crippen molar-refractivity contribution in [1.82, 2.24) is 0 Å². The summed E-state index contributed by atoms with van der Waals surface area (Å²) in [5.41, 5.74) is 2.06. The zero-order valence-electron chi connectivity index (χ0n) is 7.90. The van der Waals surface area contributed by atoms with E-state index in [0.29, 0.717) is 6.61 Å². The highest BCUT2D eigenvalue weighted by atomic mass is 16.5. The predicted octanol–water partition coefficient (Wildman–Crippen LogP) is 2.01. The lowest BCUT2D eigenvalue weighted by Gasteiger charge is -2.09. The SMILES string of the molecule is C=Cc1ccccc1C1COCC1=O. The lowest BCUT2D eigenvalue weighted by Crippen LogP contribution is -2.10. The molecule has 2 nitrogen and oxygen atoms in total. The van der Waals surface area contributed by atoms with Crippen LogP contribution in [0.15, 0.2) is 30.8 Å². The summed E-state index contributed by atoms with van der Waals surface area (Å²) in [6.45, 7) is 4.49. The minimum atomic E-state index is -0.0933. The summed E-state index contributed by atoms with van der Waals surface area (Å²) in [5, 5.41) is 0. The van der Waals surface area contributed by atoms with Crippen molar-refractivity contribution in [1.29, 1.82) is 0 Å². The van der Waals surface area contributed by atoms with Crippen LogP contribution in [-0.4, -0.2) is 19.0 Å². The summed E-state index contributed by atoms with van der Waals surface area (Å²) in [7, 11) is 0. The van der Waals surface area contributed by atoms with E-state index in [9.17, 15) is 4.79 Å². The van der Waals surface area contributed by atoms with Crippen LogP contribution in [0.2, 0.25) is 0 Å². The third kappa shape index (κ3) is 1.49. The van der Waals surface area contributed by atoms with E-state index in [1.165, 1.54) is 0 Å². The number of ketones is 1. The quantitative estimate of drug-likeness (QED) is 0.709. The molecule has 0 radical (unpaired) electrons. The summed E-state index contributed by atoms with van der Waals surface area (Å²) >= 11 is 0. The molecule has 0 aromatic heterocycles. The van der Waals surface area contributed by atoms with Crippen LogP contribution in [0.1, 0.15) is 17.0 Å². The predicted molar refractivity (Wildman–Crippen MR) is 55.1 cm³/mol. The molecule has 0 aliphatic carbocycles. The van der Waals surface area contributed by atoms with E-state index in [0.717, 1.165) is 11.1 Å². The van der Waals surface area contributed by atoms with Crippen LogP contribution in [0.4, 0.5) is 0 Å². The zero-order valence-corrected chi connectivity index (χ0v) is 7.90. The first kappa shape index (κ1) is 9.16. The number of ether oxygens (including phenoxy) is 1. The van der Waals surface area contributed by atoms with Gasteiger partial charge in [0, 0.05) is 0 Å². The lowest BCUT2D eigenvalue weighted by atomic mass is 9.93.